The molecule has 0 aliphatic carbocycles. The Bertz CT molecular complexity index is 1320. The molecule has 0 fully saturated rings. The zero-order valence-electron chi connectivity index (χ0n) is 20.6. The van der Waals surface area contributed by atoms with Crippen molar-refractivity contribution in [2.75, 3.05) is 15.5 Å². The lowest BCUT2D eigenvalue weighted by Crippen LogP contribution is -2.32. The highest BCUT2D eigenvalue weighted by molar-refractivity contribution is 6.46. The molecule has 3 aromatic rings. The molecule has 0 unspecified atom stereocenters. The fraction of sp³-hybridized carbons (Fsp3) is 0.207. The van der Waals surface area contributed by atoms with Crippen LogP contribution in [0.25, 0.3) is 5.57 Å². The van der Waals surface area contributed by atoms with Crippen molar-refractivity contribution in [1.82, 2.24) is 0 Å². The van der Waals surface area contributed by atoms with Gasteiger partial charge in [0.25, 0.3) is 11.8 Å². The Hall–Kier alpha value is -4.19. The fourth-order valence-corrected chi connectivity index (χ4v) is 4.25. The van der Waals surface area contributed by atoms with Crippen LogP contribution in [0.4, 0.5) is 17.1 Å². The molecule has 1 aliphatic rings. The first kappa shape index (κ1) is 24.0. The Morgan fingerprint density at radius 2 is 1.37 bits per heavy atom. The van der Waals surface area contributed by atoms with Crippen molar-refractivity contribution in [2.45, 2.75) is 40.5 Å². The number of benzene rings is 3. The van der Waals surface area contributed by atoms with E-state index in [1.54, 1.807) is 24.3 Å². The summed E-state index contributed by atoms with van der Waals surface area (Å²) in [4.78, 5) is 39.9. The average Bonchev–Trinajstić information content (AvgIpc) is 3.03. The number of aryl methyl sites for hydroxylation is 2. The molecule has 3 aromatic carbocycles. The van der Waals surface area contributed by atoms with Crippen molar-refractivity contribution in [1.29, 1.82) is 0 Å². The molecule has 0 bridgehead atoms. The van der Waals surface area contributed by atoms with E-state index in [-0.39, 0.29) is 17.2 Å². The minimum absolute atomic E-state index is 0.183. The number of rotatable bonds is 6. The molecule has 0 atom stereocenters. The summed E-state index contributed by atoms with van der Waals surface area (Å²) >= 11 is 0. The van der Waals surface area contributed by atoms with Crippen molar-refractivity contribution < 1.29 is 14.4 Å². The van der Waals surface area contributed by atoms with Crippen LogP contribution in [0.15, 0.2) is 72.4 Å². The molecule has 1 aliphatic heterocycles. The number of hydrogen-bond acceptors (Lipinski definition) is 4. The van der Waals surface area contributed by atoms with Crippen molar-refractivity contribution in [3.63, 3.8) is 0 Å². The molecular weight excluding hydrogens is 438 g/mol. The second-order valence-electron chi connectivity index (χ2n) is 9.20. The molecule has 0 saturated carbocycles. The summed E-state index contributed by atoms with van der Waals surface area (Å²) in [5, 5.41) is 5.93. The maximum Gasteiger partial charge on any atom is 0.282 e. The van der Waals surface area contributed by atoms with Gasteiger partial charge in [0.05, 0.1) is 11.3 Å². The van der Waals surface area contributed by atoms with Crippen LogP contribution >= 0.6 is 0 Å². The van der Waals surface area contributed by atoms with Crippen LogP contribution in [0, 0.1) is 13.8 Å². The van der Waals surface area contributed by atoms with Gasteiger partial charge in [-0.25, -0.2) is 4.90 Å². The van der Waals surface area contributed by atoms with E-state index in [2.05, 4.69) is 24.5 Å². The number of carbonyl (C=O) groups excluding carboxylic acids is 3. The first-order valence-corrected chi connectivity index (χ1v) is 11.6. The third kappa shape index (κ3) is 5.01. The molecule has 6 nitrogen and oxygen atoms in total. The van der Waals surface area contributed by atoms with E-state index in [1.807, 2.05) is 56.3 Å². The van der Waals surface area contributed by atoms with E-state index in [0.29, 0.717) is 22.9 Å². The zero-order chi connectivity index (χ0) is 25.3. The molecule has 4 rings (SSSR count). The molecule has 2 N–H and O–H groups in total. The predicted octanol–water partition coefficient (Wildman–Crippen LogP) is 5.78. The number of anilines is 3. The third-order valence-corrected chi connectivity index (χ3v) is 5.89. The number of nitrogens with one attached hydrogen (secondary N) is 2. The summed E-state index contributed by atoms with van der Waals surface area (Å²) < 4.78 is 0. The monoisotopic (exact) mass is 467 g/mol. The molecule has 1 heterocycles. The molecule has 178 valence electrons. The molecule has 35 heavy (non-hydrogen) atoms. The maximum absolute atomic E-state index is 13.7. The van der Waals surface area contributed by atoms with Crippen molar-refractivity contribution in [2.24, 2.45) is 0 Å². The van der Waals surface area contributed by atoms with Gasteiger partial charge in [0.2, 0.25) is 5.91 Å². The summed E-state index contributed by atoms with van der Waals surface area (Å²) in [6.07, 6.45) is 0. The lowest BCUT2D eigenvalue weighted by molar-refractivity contribution is -0.120. The topological polar surface area (TPSA) is 78.5 Å². The van der Waals surface area contributed by atoms with Gasteiger partial charge in [0.15, 0.2) is 0 Å². The standard InChI is InChI=1S/C29H29N3O3/c1-17(2)21-6-10-24(11-7-21)31-27-26(22-8-12-23(13-9-22)30-20(5)33)28(34)32(29(27)35)25-15-18(3)14-19(4)16-25/h6-17,31H,1-5H3,(H,30,33). The second kappa shape index (κ2) is 9.58. The van der Waals surface area contributed by atoms with Gasteiger partial charge in [0.1, 0.15) is 5.70 Å². The predicted molar refractivity (Wildman–Crippen MR) is 140 cm³/mol. The molecule has 0 spiro atoms. The highest BCUT2D eigenvalue weighted by Gasteiger charge is 2.40. The molecule has 0 radical (unpaired) electrons. The van der Waals surface area contributed by atoms with Gasteiger partial charge in [-0.05, 0) is 78.4 Å². The lowest BCUT2D eigenvalue weighted by atomic mass is 10.0. The van der Waals surface area contributed by atoms with Crippen LogP contribution in [0.3, 0.4) is 0 Å². The van der Waals surface area contributed by atoms with E-state index >= 15 is 0 Å². The third-order valence-electron chi connectivity index (χ3n) is 5.89. The number of amides is 3. The van der Waals surface area contributed by atoms with Gasteiger partial charge in [-0.1, -0.05) is 44.2 Å². The fourth-order valence-electron chi connectivity index (χ4n) is 4.25. The molecule has 0 aromatic heterocycles. The van der Waals surface area contributed by atoms with Crippen LogP contribution in [0.5, 0.6) is 0 Å². The van der Waals surface area contributed by atoms with Gasteiger partial charge in [-0.2, -0.15) is 0 Å². The Labute approximate surface area is 205 Å². The highest BCUT2D eigenvalue weighted by Crippen LogP contribution is 2.35. The highest BCUT2D eigenvalue weighted by atomic mass is 16.2. The number of nitrogens with zero attached hydrogens (tertiary/aromatic N) is 1. The van der Waals surface area contributed by atoms with Gasteiger partial charge < -0.3 is 10.6 Å². The first-order valence-electron chi connectivity index (χ1n) is 11.6. The van der Waals surface area contributed by atoms with Crippen LogP contribution in [0.2, 0.25) is 0 Å². The number of imide groups is 1. The molecule has 0 saturated heterocycles. The van der Waals surface area contributed by atoms with E-state index in [4.69, 9.17) is 0 Å². The summed E-state index contributed by atoms with van der Waals surface area (Å²) in [6, 6.07) is 20.4. The largest absolute Gasteiger partial charge is 0.350 e. The van der Waals surface area contributed by atoms with Gasteiger partial charge in [-0.3, -0.25) is 14.4 Å². The molecular formula is C29H29N3O3. The van der Waals surface area contributed by atoms with Gasteiger partial charge >= 0.3 is 0 Å². The van der Waals surface area contributed by atoms with Crippen molar-refractivity contribution in [3.8, 4) is 0 Å². The first-order chi connectivity index (χ1) is 16.6. The normalized spacial score (nSPS) is 13.6. The second-order valence-corrected chi connectivity index (χ2v) is 9.20. The van der Waals surface area contributed by atoms with Gasteiger partial charge in [0, 0.05) is 18.3 Å². The van der Waals surface area contributed by atoms with Crippen molar-refractivity contribution in [3.05, 3.63) is 94.7 Å². The summed E-state index contributed by atoms with van der Waals surface area (Å²) in [7, 11) is 0. The Morgan fingerprint density at radius 3 is 1.91 bits per heavy atom. The van der Waals surface area contributed by atoms with Gasteiger partial charge in [-0.15, -0.1) is 0 Å². The summed E-state index contributed by atoms with van der Waals surface area (Å²) in [5.41, 5.74) is 6.09. The number of hydrogen-bond donors (Lipinski definition) is 2. The van der Waals surface area contributed by atoms with E-state index in [9.17, 15) is 14.4 Å². The van der Waals surface area contributed by atoms with Crippen LogP contribution in [-0.4, -0.2) is 17.7 Å². The van der Waals surface area contributed by atoms with E-state index in [0.717, 1.165) is 16.8 Å². The Kier molecular flexibility index (Phi) is 6.56. The molecule has 3 amide bonds. The van der Waals surface area contributed by atoms with E-state index in [1.165, 1.54) is 17.4 Å². The SMILES string of the molecule is CC(=O)Nc1ccc(C2=C(Nc3ccc(C(C)C)cc3)C(=O)N(c3cc(C)cc(C)c3)C2=O)cc1. The Balaban J connectivity index is 1.78. The minimum Gasteiger partial charge on any atom is -0.350 e. The van der Waals surface area contributed by atoms with Crippen LogP contribution in [0.1, 0.15) is 48.9 Å². The van der Waals surface area contributed by atoms with Crippen LogP contribution in [-0.2, 0) is 14.4 Å². The molecule has 6 heteroatoms. The quantitative estimate of drug-likeness (QED) is 0.450. The average molecular weight is 468 g/mol. The maximum atomic E-state index is 13.7. The summed E-state index contributed by atoms with van der Waals surface area (Å²) in [6.45, 7) is 9.55. The number of carbonyl (C=O) groups is 3. The minimum atomic E-state index is -0.408. The van der Waals surface area contributed by atoms with E-state index < -0.39 is 11.8 Å². The van der Waals surface area contributed by atoms with Crippen LogP contribution < -0.4 is 15.5 Å². The Morgan fingerprint density at radius 1 is 0.800 bits per heavy atom. The van der Waals surface area contributed by atoms with Crippen molar-refractivity contribution >= 4 is 40.4 Å². The zero-order valence-corrected chi connectivity index (χ0v) is 20.6. The smallest absolute Gasteiger partial charge is 0.282 e. The summed E-state index contributed by atoms with van der Waals surface area (Å²) in [5.74, 6) is -0.601. The lowest BCUT2D eigenvalue weighted by Gasteiger charge is -2.17.